The summed E-state index contributed by atoms with van der Waals surface area (Å²) in [7, 11) is 0. The van der Waals surface area contributed by atoms with Crippen LogP contribution >= 0.6 is 11.8 Å². The Morgan fingerprint density at radius 3 is 2.95 bits per heavy atom. The van der Waals surface area contributed by atoms with Crippen molar-refractivity contribution in [2.24, 2.45) is 0 Å². The van der Waals surface area contributed by atoms with E-state index in [0.29, 0.717) is 6.04 Å². The molecule has 1 aliphatic heterocycles. The van der Waals surface area contributed by atoms with Crippen LogP contribution in [-0.2, 0) is 13.1 Å². The smallest absolute Gasteiger partial charge is 0.0544 e. The highest BCUT2D eigenvalue weighted by molar-refractivity contribution is 8.00. The molecule has 0 aliphatic carbocycles. The number of rotatable bonds is 5. The van der Waals surface area contributed by atoms with Gasteiger partial charge in [0.1, 0.15) is 0 Å². The molecule has 4 heteroatoms. The van der Waals surface area contributed by atoms with E-state index in [-0.39, 0.29) is 0 Å². The van der Waals surface area contributed by atoms with Gasteiger partial charge in [-0.15, -0.1) is 0 Å². The van der Waals surface area contributed by atoms with Crippen molar-refractivity contribution in [2.75, 3.05) is 18.8 Å². The molecule has 2 atom stereocenters. The van der Waals surface area contributed by atoms with Crippen LogP contribution in [0.25, 0.3) is 0 Å². The van der Waals surface area contributed by atoms with Crippen LogP contribution in [0.2, 0.25) is 0 Å². The minimum absolute atomic E-state index is 0.641. The number of thioether (sulfide) groups is 1. The fraction of sp³-hybridized carbons (Fsp3) is 0.667. The first-order valence-electron chi connectivity index (χ1n) is 7.21. The molecule has 0 radical (unpaired) electrons. The zero-order valence-corrected chi connectivity index (χ0v) is 13.0. The summed E-state index contributed by atoms with van der Waals surface area (Å²) in [5, 5.41) is 4.05. The molecule has 2 heterocycles. The molecule has 19 heavy (non-hydrogen) atoms. The normalized spacial score (nSPS) is 24.6. The molecule has 0 saturated carbocycles. The highest BCUT2D eigenvalue weighted by atomic mass is 32.2. The number of hydrogen-bond donors (Lipinski definition) is 1. The molecule has 106 valence electrons. The Hall–Kier alpha value is -0.580. The van der Waals surface area contributed by atoms with Crippen molar-refractivity contribution >= 4 is 11.8 Å². The summed E-state index contributed by atoms with van der Waals surface area (Å²) in [6, 6.07) is 5.01. The van der Waals surface area contributed by atoms with E-state index in [9.17, 15) is 0 Å². The van der Waals surface area contributed by atoms with Crippen LogP contribution < -0.4 is 5.32 Å². The first-order valence-corrected chi connectivity index (χ1v) is 8.25. The third-order valence-electron chi connectivity index (χ3n) is 3.84. The van der Waals surface area contributed by atoms with Crippen molar-refractivity contribution in [2.45, 2.75) is 45.2 Å². The molecule has 1 aliphatic rings. The molecular formula is C15H25N3S. The standard InChI is InChI=1S/C15H25N3S/c1-4-16-9-14-5-6-15(17-10-14)11-18-7-8-19-13(3)12(18)2/h5-6,10,12-13,16H,4,7-9,11H2,1-3H3. The number of nitrogens with one attached hydrogen (secondary N) is 1. The zero-order valence-electron chi connectivity index (χ0n) is 12.2. The molecule has 1 aromatic heterocycles. The van der Waals surface area contributed by atoms with Crippen molar-refractivity contribution < 1.29 is 0 Å². The number of hydrogen-bond acceptors (Lipinski definition) is 4. The Labute approximate surface area is 121 Å². The van der Waals surface area contributed by atoms with E-state index in [1.54, 1.807) is 0 Å². The van der Waals surface area contributed by atoms with Crippen LogP contribution in [-0.4, -0.2) is 40.0 Å². The van der Waals surface area contributed by atoms with E-state index in [4.69, 9.17) is 0 Å². The van der Waals surface area contributed by atoms with Crippen LogP contribution in [0.15, 0.2) is 18.3 Å². The van der Waals surface area contributed by atoms with Crippen LogP contribution in [0.1, 0.15) is 32.0 Å². The molecule has 1 fully saturated rings. The maximum atomic E-state index is 4.60. The third kappa shape index (κ3) is 4.20. The highest BCUT2D eigenvalue weighted by Crippen LogP contribution is 2.25. The van der Waals surface area contributed by atoms with Gasteiger partial charge in [-0.2, -0.15) is 11.8 Å². The number of aromatic nitrogens is 1. The van der Waals surface area contributed by atoms with Crippen molar-refractivity contribution in [3.63, 3.8) is 0 Å². The monoisotopic (exact) mass is 279 g/mol. The second-order valence-corrected chi connectivity index (χ2v) is 6.71. The van der Waals surface area contributed by atoms with Gasteiger partial charge in [-0.1, -0.05) is 19.9 Å². The Bertz CT molecular complexity index is 379. The van der Waals surface area contributed by atoms with Crippen molar-refractivity contribution in [3.8, 4) is 0 Å². The van der Waals surface area contributed by atoms with Crippen LogP contribution in [0.5, 0.6) is 0 Å². The maximum absolute atomic E-state index is 4.60. The van der Waals surface area contributed by atoms with Crippen LogP contribution in [0.3, 0.4) is 0 Å². The highest BCUT2D eigenvalue weighted by Gasteiger charge is 2.25. The predicted octanol–water partition coefficient (Wildman–Crippen LogP) is 2.52. The molecule has 2 unspecified atom stereocenters. The minimum Gasteiger partial charge on any atom is -0.313 e. The average molecular weight is 279 g/mol. The quantitative estimate of drug-likeness (QED) is 0.896. The molecule has 0 amide bonds. The first-order chi connectivity index (χ1) is 9.20. The van der Waals surface area contributed by atoms with Gasteiger partial charge in [0.15, 0.2) is 0 Å². The van der Waals surface area contributed by atoms with E-state index in [2.05, 4.69) is 59.9 Å². The summed E-state index contributed by atoms with van der Waals surface area (Å²) in [6.45, 7) is 10.9. The molecule has 2 rings (SSSR count). The van der Waals surface area contributed by atoms with Gasteiger partial charge in [0.25, 0.3) is 0 Å². The van der Waals surface area contributed by atoms with E-state index >= 15 is 0 Å². The minimum atomic E-state index is 0.641. The van der Waals surface area contributed by atoms with Gasteiger partial charge in [-0.25, -0.2) is 0 Å². The summed E-state index contributed by atoms with van der Waals surface area (Å²) < 4.78 is 0. The first kappa shape index (κ1) is 14.8. The number of pyridine rings is 1. The van der Waals surface area contributed by atoms with Gasteiger partial charge in [0.05, 0.1) is 5.69 Å². The Kier molecular flexibility index (Phi) is 5.67. The largest absolute Gasteiger partial charge is 0.313 e. The van der Waals surface area contributed by atoms with E-state index in [1.165, 1.54) is 23.6 Å². The summed E-state index contributed by atoms with van der Waals surface area (Å²) in [5.41, 5.74) is 2.45. The Morgan fingerprint density at radius 1 is 1.42 bits per heavy atom. The van der Waals surface area contributed by atoms with Gasteiger partial charge in [-0.3, -0.25) is 9.88 Å². The van der Waals surface area contributed by atoms with Gasteiger partial charge in [-0.05, 0) is 25.1 Å². The zero-order chi connectivity index (χ0) is 13.7. The van der Waals surface area contributed by atoms with Gasteiger partial charge < -0.3 is 5.32 Å². The topological polar surface area (TPSA) is 28.2 Å². The second kappa shape index (κ2) is 7.27. The van der Waals surface area contributed by atoms with E-state index in [0.717, 1.165) is 24.9 Å². The molecule has 0 bridgehead atoms. The van der Waals surface area contributed by atoms with Crippen LogP contribution in [0, 0.1) is 0 Å². The lowest BCUT2D eigenvalue weighted by atomic mass is 10.2. The molecule has 1 aromatic rings. The summed E-state index contributed by atoms with van der Waals surface area (Å²) >= 11 is 2.08. The maximum Gasteiger partial charge on any atom is 0.0544 e. The molecule has 3 nitrogen and oxygen atoms in total. The molecule has 1 saturated heterocycles. The summed E-state index contributed by atoms with van der Waals surface area (Å²) in [4.78, 5) is 7.15. The molecule has 0 spiro atoms. The van der Waals surface area contributed by atoms with Crippen molar-refractivity contribution in [1.29, 1.82) is 0 Å². The second-order valence-electron chi connectivity index (χ2n) is 5.23. The lowest BCUT2D eigenvalue weighted by molar-refractivity contribution is 0.202. The summed E-state index contributed by atoms with van der Waals surface area (Å²) in [5.74, 6) is 1.24. The SMILES string of the molecule is CCNCc1ccc(CN2CCSC(C)C2C)nc1. The van der Waals surface area contributed by atoms with Gasteiger partial charge >= 0.3 is 0 Å². The average Bonchev–Trinajstić information content (AvgIpc) is 2.43. The third-order valence-corrected chi connectivity index (χ3v) is 5.18. The van der Waals surface area contributed by atoms with Gasteiger partial charge in [0.2, 0.25) is 0 Å². The lowest BCUT2D eigenvalue weighted by Gasteiger charge is -2.37. The number of nitrogens with zero attached hydrogens (tertiary/aromatic N) is 2. The van der Waals surface area contributed by atoms with Crippen LogP contribution in [0.4, 0.5) is 0 Å². The van der Waals surface area contributed by atoms with E-state index in [1.807, 2.05) is 6.20 Å². The van der Waals surface area contributed by atoms with Crippen molar-refractivity contribution in [3.05, 3.63) is 29.6 Å². The van der Waals surface area contributed by atoms with E-state index < -0.39 is 0 Å². The molecular weight excluding hydrogens is 254 g/mol. The fourth-order valence-corrected chi connectivity index (χ4v) is 3.51. The lowest BCUT2D eigenvalue weighted by Crippen LogP contribution is -2.44. The molecule has 1 N–H and O–H groups in total. The van der Waals surface area contributed by atoms with Crippen molar-refractivity contribution in [1.82, 2.24) is 15.2 Å². The summed E-state index contributed by atoms with van der Waals surface area (Å²) in [6.07, 6.45) is 2.00. The predicted molar refractivity (Wildman–Crippen MR) is 83.4 cm³/mol. The fourth-order valence-electron chi connectivity index (χ4n) is 2.35. The Morgan fingerprint density at radius 2 is 2.26 bits per heavy atom. The van der Waals surface area contributed by atoms with Gasteiger partial charge in [0, 0.05) is 42.9 Å². The molecule has 0 aromatic carbocycles. The Balaban J connectivity index is 1.91.